The van der Waals surface area contributed by atoms with E-state index in [9.17, 15) is 27.2 Å². The van der Waals surface area contributed by atoms with Gasteiger partial charge < -0.3 is 15.2 Å². The van der Waals surface area contributed by atoms with Crippen molar-refractivity contribution in [2.75, 3.05) is 18.2 Å². The number of thiazole rings is 1. The largest absolute Gasteiger partial charge is 0.428 e. The second-order valence-corrected chi connectivity index (χ2v) is 10.1. The second-order valence-electron chi connectivity index (χ2n) is 9.14. The molecular weight excluding hydrogens is 564 g/mol. The van der Waals surface area contributed by atoms with E-state index in [1.54, 1.807) is 12.1 Å². The zero-order valence-electron chi connectivity index (χ0n) is 22.6. The first-order valence-corrected chi connectivity index (χ1v) is 14.1. The number of amides is 1. The van der Waals surface area contributed by atoms with Gasteiger partial charge in [-0.15, -0.1) is 0 Å². The number of hydrogen-bond donors (Lipinski definition) is 1. The summed E-state index contributed by atoms with van der Waals surface area (Å²) in [5.74, 6) is -0.732. The van der Waals surface area contributed by atoms with Crippen LogP contribution < -0.4 is 10.6 Å². The molecule has 1 aromatic carbocycles. The van der Waals surface area contributed by atoms with E-state index in [2.05, 4.69) is 16.9 Å². The molecule has 0 atom stereocenters. The molecule has 222 valence electrons. The predicted molar refractivity (Wildman–Crippen MR) is 147 cm³/mol. The van der Waals surface area contributed by atoms with Gasteiger partial charge >= 0.3 is 18.2 Å². The third kappa shape index (κ3) is 9.22. The summed E-state index contributed by atoms with van der Waals surface area (Å²) in [6.07, 6.45) is 2.52. The van der Waals surface area contributed by atoms with Crippen LogP contribution in [0.5, 0.6) is 0 Å². The van der Waals surface area contributed by atoms with Crippen molar-refractivity contribution in [1.29, 1.82) is 0 Å². The molecule has 0 fully saturated rings. The average Bonchev–Trinajstić information content (AvgIpc) is 3.32. The molecule has 3 rings (SSSR count). The van der Waals surface area contributed by atoms with E-state index in [4.69, 9.17) is 15.2 Å². The number of carbonyl (C=O) groups excluding carboxylic acids is 2. The van der Waals surface area contributed by atoms with E-state index < -0.39 is 35.7 Å². The molecule has 2 aromatic heterocycles. The lowest BCUT2D eigenvalue weighted by atomic mass is 9.99. The number of alkyl halides is 3. The maximum atomic E-state index is 14.9. The molecule has 0 aliphatic rings. The van der Waals surface area contributed by atoms with Crippen LogP contribution in [0.25, 0.3) is 11.3 Å². The van der Waals surface area contributed by atoms with Gasteiger partial charge in [0.15, 0.2) is 0 Å². The number of hydrogen-bond acceptors (Lipinski definition) is 8. The fraction of sp³-hybridized carbons (Fsp3) is 0.429. The normalized spacial score (nSPS) is 11.4. The van der Waals surface area contributed by atoms with Gasteiger partial charge in [0.2, 0.25) is 17.1 Å². The zero-order chi connectivity index (χ0) is 29.8. The molecule has 0 unspecified atom stereocenters. The van der Waals surface area contributed by atoms with E-state index in [1.807, 2.05) is 0 Å². The fourth-order valence-electron chi connectivity index (χ4n) is 4.04. The zero-order valence-corrected chi connectivity index (χ0v) is 23.4. The molecule has 13 heteroatoms. The van der Waals surface area contributed by atoms with Crippen molar-refractivity contribution < 1.29 is 36.6 Å². The van der Waals surface area contributed by atoms with Gasteiger partial charge in [0, 0.05) is 24.5 Å². The Labute approximate surface area is 239 Å². The standard InChI is InChI=1S/C28H32F4N4O4S/c1-2-3-4-5-6-7-9-19-11-12-21(16-22(19)28(30,31)32)36(27(38)40-18-39-23(37)13-14-33)26-35-24(25(29)41-26)20-10-8-15-34-17-20/h8,10-12,15-17H,2-7,9,13-14,18,33H2,1H3. The van der Waals surface area contributed by atoms with E-state index in [-0.39, 0.29) is 41.5 Å². The van der Waals surface area contributed by atoms with Crippen LogP contribution in [0.2, 0.25) is 0 Å². The minimum atomic E-state index is -4.71. The fourth-order valence-corrected chi connectivity index (χ4v) is 4.87. The second kappa shape index (κ2) is 15.4. The van der Waals surface area contributed by atoms with Gasteiger partial charge in [-0.3, -0.25) is 9.78 Å². The first-order valence-electron chi connectivity index (χ1n) is 13.2. The first-order chi connectivity index (χ1) is 19.7. The first kappa shape index (κ1) is 31.9. The number of aryl methyl sites for hydroxylation is 1. The number of ether oxygens (including phenoxy) is 2. The van der Waals surface area contributed by atoms with Crippen LogP contribution in [0, 0.1) is 5.13 Å². The minimum absolute atomic E-state index is 0.0136. The van der Waals surface area contributed by atoms with Gasteiger partial charge in [-0.2, -0.15) is 17.6 Å². The molecule has 0 spiro atoms. The molecule has 0 saturated heterocycles. The van der Waals surface area contributed by atoms with Crippen molar-refractivity contribution >= 4 is 34.2 Å². The molecule has 0 aliphatic carbocycles. The number of aromatic nitrogens is 2. The Bertz CT molecular complexity index is 1290. The quantitative estimate of drug-likeness (QED) is 0.0895. The topological polar surface area (TPSA) is 108 Å². The Morgan fingerprint density at radius 2 is 1.83 bits per heavy atom. The molecule has 1 amide bonds. The van der Waals surface area contributed by atoms with E-state index in [0.29, 0.717) is 28.2 Å². The minimum Gasteiger partial charge on any atom is -0.428 e. The molecule has 0 aliphatic heterocycles. The summed E-state index contributed by atoms with van der Waals surface area (Å²) in [5.41, 5.74) is 4.39. The number of halogens is 4. The Morgan fingerprint density at radius 3 is 2.51 bits per heavy atom. The van der Waals surface area contributed by atoms with E-state index in [1.165, 1.54) is 24.5 Å². The van der Waals surface area contributed by atoms with Gasteiger partial charge in [0.25, 0.3) is 0 Å². The summed E-state index contributed by atoms with van der Waals surface area (Å²) in [6, 6.07) is 6.56. The molecule has 2 N–H and O–H groups in total. The summed E-state index contributed by atoms with van der Waals surface area (Å²) in [5, 5.41) is -1.06. The summed E-state index contributed by atoms with van der Waals surface area (Å²) < 4.78 is 67.2. The smallest absolute Gasteiger partial charge is 0.423 e. The lowest BCUT2D eigenvalue weighted by molar-refractivity contribution is -0.151. The average molecular weight is 597 g/mol. The highest BCUT2D eigenvalue weighted by atomic mass is 32.1. The van der Waals surface area contributed by atoms with Crippen LogP contribution in [0.15, 0.2) is 42.7 Å². The van der Waals surface area contributed by atoms with Crippen LogP contribution in [-0.2, 0) is 26.9 Å². The van der Waals surface area contributed by atoms with Crippen molar-refractivity contribution in [3.8, 4) is 11.3 Å². The number of rotatable bonds is 14. The maximum absolute atomic E-state index is 14.9. The Kier molecular flexibility index (Phi) is 12.0. The van der Waals surface area contributed by atoms with E-state index >= 15 is 0 Å². The summed E-state index contributed by atoms with van der Waals surface area (Å²) in [6.45, 7) is 1.28. The summed E-state index contributed by atoms with van der Waals surface area (Å²) in [4.78, 5) is 33.5. The Morgan fingerprint density at radius 1 is 1.07 bits per heavy atom. The van der Waals surface area contributed by atoms with Crippen molar-refractivity contribution in [3.05, 3.63) is 59.0 Å². The van der Waals surface area contributed by atoms with Gasteiger partial charge in [-0.05, 0) is 42.7 Å². The molecule has 0 saturated carbocycles. The predicted octanol–water partition coefficient (Wildman–Crippen LogP) is 7.39. The summed E-state index contributed by atoms with van der Waals surface area (Å²) in [7, 11) is 0. The van der Waals surface area contributed by atoms with Crippen molar-refractivity contribution in [2.24, 2.45) is 5.73 Å². The van der Waals surface area contributed by atoms with Crippen molar-refractivity contribution in [1.82, 2.24) is 9.97 Å². The van der Waals surface area contributed by atoms with Gasteiger partial charge in [0.05, 0.1) is 17.7 Å². The van der Waals surface area contributed by atoms with Crippen LogP contribution in [0.3, 0.4) is 0 Å². The highest BCUT2D eigenvalue weighted by molar-refractivity contribution is 7.14. The van der Waals surface area contributed by atoms with Gasteiger partial charge in [0.1, 0.15) is 5.69 Å². The number of unbranched alkanes of at least 4 members (excludes halogenated alkanes) is 5. The molecule has 0 bridgehead atoms. The van der Waals surface area contributed by atoms with Crippen molar-refractivity contribution in [2.45, 2.75) is 64.5 Å². The number of anilines is 2. The molecular formula is C28H32F4N4O4S. The highest BCUT2D eigenvalue weighted by Gasteiger charge is 2.35. The number of nitrogens with zero attached hydrogens (tertiary/aromatic N) is 3. The molecule has 0 radical (unpaired) electrons. The number of carbonyl (C=O) groups is 2. The molecule has 2 heterocycles. The third-order valence-electron chi connectivity index (χ3n) is 6.09. The number of nitrogens with two attached hydrogens (primary N) is 1. The Balaban J connectivity index is 1.94. The van der Waals surface area contributed by atoms with Gasteiger partial charge in [-0.1, -0.05) is 56.4 Å². The van der Waals surface area contributed by atoms with Crippen LogP contribution in [0.4, 0.5) is 33.2 Å². The molecule has 3 aromatic rings. The van der Waals surface area contributed by atoms with E-state index in [0.717, 1.165) is 38.2 Å². The monoisotopic (exact) mass is 596 g/mol. The van der Waals surface area contributed by atoms with Crippen LogP contribution in [0.1, 0.15) is 63.0 Å². The summed E-state index contributed by atoms with van der Waals surface area (Å²) >= 11 is 0.443. The maximum Gasteiger partial charge on any atom is 0.423 e. The molecule has 8 nitrogen and oxygen atoms in total. The van der Waals surface area contributed by atoms with Crippen LogP contribution in [-0.4, -0.2) is 35.4 Å². The number of pyridine rings is 1. The van der Waals surface area contributed by atoms with Crippen LogP contribution >= 0.6 is 11.3 Å². The third-order valence-corrected chi connectivity index (χ3v) is 6.92. The number of esters is 1. The van der Waals surface area contributed by atoms with Crippen molar-refractivity contribution in [3.63, 3.8) is 0 Å². The Hall–Kier alpha value is -3.58. The SMILES string of the molecule is CCCCCCCCc1ccc(N(C(=O)OCOC(=O)CCN)c2nc(-c3cccnc3)c(F)s2)cc1C(F)(F)F. The lowest BCUT2D eigenvalue weighted by Crippen LogP contribution is -2.28. The van der Waals surface area contributed by atoms with Gasteiger partial charge in [-0.25, -0.2) is 14.7 Å². The lowest BCUT2D eigenvalue weighted by Gasteiger charge is -2.22. The number of benzene rings is 1. The highest BCUT2D eigenvalue weighted by Crippen LogP contribution is 2.40. The molecule has 41 heavy (non-hydrogen) atoms.